The van der Waals surface area contributed by atoms with E-state index in [9.17, 15) is 0 Å². The summed E-state index contributed by atoms with van der Waals surface area (Å²) in [5, 5.41) is 0.845. The largest absolute Gasteiger partial charge is 0.398 e. The fourth-order valence-corrected chi connectivity index (χ4v) is 6.53. The van der Waals surface area contributed by atoms with E-state index in [-0.39, 0.29) is 5.41 Å². The second-order valence-corrected chi connectivity index (χ2v) is 14.4. The van der Waals surface area contributed by atoms with Gasteiger partial charge in [-0.3, -0.25) is 9.98 Å². The van der Waals surface area contributed by atoms with Gasteiger partial charge in [0.2, 0.25) is 0 Å². The molecule has 0 saturated heterocycles. The summed E-state index contributed by atoms with van der Waals surface area (Å²) in [4.78, 5) is 19.2. The van der Waals surface area contributed by atoms with Gasteiger partial charge in [0.1, 0.15) is 5.84 Å². The number of anilines is 1. The third-order valence-electron chi connectivity index (χ3n) is 9.51. The molecule has 2 aromatic heterocycles. The van der Waals surface area contributed by atoms with Crippen molar-refractivity contribution in [2.75, 3.05) is 5.73 Å². The fraction of sp³-hybridized carbons (Fsp3) is 0.125. The van der Waals surface area contributed by atoms with Gasteiger partial charge in [-0.2, -0.15) is 0 Å². The molecule has 6 heteroatoms. The number of pyridine rings is 2. The molecule has 54 heavy (non-hydrogen) atoms. The number of nitrogens with two attached hydrogens (primary N) is 2. The van der Waals surface area contributed by atoms with Crippen LogP contribution in [0.15, 0.2) is 162 Å². The SMILES string of the molecule is C/C=C\c1c(-c2ccc(-c3cc(CN=C(N=C(N)c4ccccc4)c4ccccc4)cc(-c4ccc(C(C)(C)C)cc4)c3)cc2)nc2ccncc2c1N. The van der Waals surface area contributed by atoms with Gasteiger partial charge in [0.05, 0.1) is 23.4 Å². The number of rotatable bonds is 8. The molecule has 0 fully saturated rings. The zero-order valence-electron chi connectivity index (χ0n) is 31.2. The first-order valence-corrected chi connectivity index (χ1v) is 18.2. The average Bonchev–Trinajstić information content (AvgIpc) is 3.21. The van der Waals surface area contributed by atoms with Crippen LogP contribution in [0.2, 0.25) is 0 Å². The van der Waals surface area contributed by atoms with E-state index >= 15 is 0 Å². The van der Waals surface area contributed by atoms with Crippen LogP contribution in [0.4, 0.5) is 5.69 Å². The lowest BCUT2D eigenvalue weighted by Crippen LogP contribution is -2.16. The van der Waals surface area contributed by atoms with Crippen molar-refractivity contribution in [1.29, 1.82) is 0 Å². The Bertz CT molecular complexity index is 2490. The van der Waals surface area contributed by atoms with Crippen molar-refractivity contribution in [1.82, 2.24) is 9.97 Å². The van der Waals surface area contributed by atoms with Gasteiger partial charge in [0.15, 0.2) is 5.84 Å². The minimum atomic E-state index is 0.0617. The molecule has 0 spiro atoms. The Kier molecular flexibility index (Phi) is 10.3. The van der Waals surface area contributed by atoms with Crippen molar-refractivity contribution in [3.63, 3.8) is 0 Å². The van der Waals surface area contributed by atoms with Gasteiger partial charge in [-0.05, 0) is 70.0 Å². The molecule has 0 aliphatic heterocycles. The zero-order chi connectivity index (χ0) is 37.7. The van der Waals surface area contributed by atoms with E-state index in [4.69, 9.17) is 26.4 Å². The Hall–Kier alpha value is -6.66. The molecule has 0 bridgehead atoms. The summed E-state index contributed by atoms with van der Waals surface area (Å²) in [6.45, 7) is 9.11. The Balaban J connectivity index is 1.30. The van der Waals surface area contributed by atoms with Crippen molar-refractivity contribution in [3.8, 4) is 33.5 Å². The number of nitrogens with zero attached hydrogens (tertiary/aromatic N) is 4. The van der Waals surface area contributed by atoms with Crippen LogP contribution < -0.4 is 11.5 Å². The summed E-state index contributed by atoms with van der Waals surface area (Å²) in [6.07, 6.45) is 7.52. The molecule has 0 aliphatic carbocycles. The molecular formula is C48H44N6. The fourth-order valence-electron chi connectivity index (χ4n) is 6.53. The van der Waals surface area contributed by atoms with Crippen molar-refractivity contribution >= 4 is 34.3 Å². The lowest BCUT2D eigenvalue weighted by molar-refractivity contribution is 0.590. The third-order valence-corrected chi connectivity index (χ3v) is 9.51. The molecule has 266 valence electrons. The minimum Gasteiger partial charge on any atom is -0.398 e. The van der Waals surface area contributed by atoms with Crippen LogP contribution in [0.25, 0.3) is 50.5 Å². The average molecular weight is 705 g/mol. The number of benzene rings is 5. The minimum absolute atomic E-state index is 0.0617. The maximum Gasteiger partial charge on any atom is 0.157 e. The first-order valence-electron chi connectivity index (χ1n) is 18.2. The topological polar surface area (TPSA) is 103 Å². The molecule has 0 amide bonds. The lowest BCUT2D eigenvalue weighted by atomic mass is 9.86. The van der Waals surface area contributed by atoms with E-state index in [2.05, 4.69) is 92.5 Å². The van der Waals surface area contributed by atoms with Gasteiger partial charge in [0, 0.05) is 40.0 Å². The van der Waals surface area contributed by atoms with Crippen LogP contribution in [0, 0.1) is 0 Å². The summed E-state index contributed by atoms with van der Waals surface area (Å²) in [6, 6.07) is 45.8. The Morgan fingerprint density at radius 2 is 1.30 bits per heavy atom. The van der Waals surface area contributed by atoms with Crippen LogP contribution >= 0.6 is 0 Å². The number of aromatic nitrogens is 2. The summed E-state index contributed by atoms with van der Waals surface area (Å²) >= 11 is 0. The molecule has 5 aromatic carbocycles. The maximum atomic E-state index is 6.67. The van der Waals surface area contributed by atoms with E-state index in [1.807, 2.05) is 85.8 Å². The van der Waals surface area contributed by atoms with Crippen molar-refractivity contribution in [2.24, 2.45) is 15.7 Å². The molecule has 7 rings (SSSR count). The quantitative estimate of drug-likeness (QED) is 0.121. The van der Waals surface area contributed by atoms with Gasteiger partial charge in [-0.1, -0.05) is 142 Å². The highest BCUT2D eigenvalue weighted by Gasteiger charge is 2.16. The van der Waals surface area contributed by atoms with Crippen LogP contribution in [0.5, 0.6) is 0 Å². The first-order chi connectivity index (χ1) is 26.2. The van der Waals surface area contributed by atoms with Gasteiger partial charge in [-0.25, -0.2) is 9.98 Å². The predicted molar refractivity (Wildman–Crippen MR) is 228 cm³/mol. The molecule has 6 nitrogen and oxygen atoms in total. The van der Waals surface area contributed by atoms with Crippen LogP contribution in [-0.2, 0) is 12.0 Å². The van der Waals surface area contributed by atoms with Crippen LogP contribution in [0.3, 0.4) is 0 Å². The van der Waals surface area contributed by atoms with Gasteiger partial charge < -0.3 is 11.5 Å². The third kappa shape index (κ3) is 7.88. The molecular weight excluding hydrogens is 661 g/mol. The van der Waals surface area contributed by atoms with E-state index < -0.39 is 0 Å². The molecule has 0 saturated carbocycles. The maximum absolute atomic E-state index is 6.67. The number of nitrogen functional groups attached to an aromatic ring is 1. The number of allylic oxidation sites excluding steroid dienone is 1. The van der Waals surface area contributed by atoms with Gasteiger partial charge >= 0.3 is 0 Å². The summed E-state index contributed by atoms with van der Waals surface area (Å²) < 4.78 is 0. The predicted octanol–water partition coefficient (Wildman–Crippen LogP) is 10.9. The molecule has 2 heterocycles. The number of hydrogen-bond acceptors (Lipinski definition) is 4. The van der Waals surface area contributed by atoms with Crippen molar-refractivity contribution in [2.45, 2.75) is 39.7 Å². The van der Waals surface area contributed by atoms with Crippen LogP contribution in [0.1, 0.15) is 55.5 Å². The Labute approximate surface area is 317 Å². The van der Waals surface area contributed by atoms with E-state index in [1.54, 1.807) is 12.4 Å². The second-order valence-electron chi connectivity index (χ2n) is 14.4. The Morgan fingerprint density at radius 1 is 0.704 bits per heavy atom. The monoisotopic (exact) mass is 704 g/mol. The van der Waals surface area contributed by atoms with Crippen LogP contribution in [-0.4, -0.2) is 21.6 Å². The molecule has 0 unspecified atom stereocenters. The highest BCUT2D eigenvalue weighted by Crippen LogP contribution is 2.35. The van der Waals surface area contributed by atoms with E-state index in [1.165, 1.54) is 5.56 Å². The number of hydrogen-bond donors (Lipinski definition) is 2. The number of amidine groups is 2. The summed E-state index contributed by atoms with van der Waals surface area (Å²) in [5.41, 5.74) is 26.0. The first kappa shape index (κ1) is 35.7. The molecule has 4 N–H and O–H groups in total. The normalized spacial score (nSPS) is 12.4. The smallest absolute Gasteiger partial charge is 0.157 e. The van der Waals surface area contributed by atoms with Crippen molar-refractivity contribution in [3.05, 3.63) is 180 Å². The molecule has 0 radical (unpaired) electrons. The highest BCUT2D eigenvalue weighted by atomic mass is 15.0. The number of aliphatic imine (C=N–C) groups is 2. The second kappa shape index (κ2) is 15.5. The molecule has 0 aliphatic rings. The molecule has 0 atom stereocenters. The zero-order valence-corrected chi connectivity index (χ0v) is 31.2. The summed E-state index contributed by atoms with van der Waals surface area (Å²) in [7, 11) is 0. The lowest BCUT2D eigenvalue weighted by Gasteiger charge is -2.19. The van der Waals surface area contributed by atoms with E-state index in [0.717, 1.165) is 66.7 Å². The van der Waals surface area contributed by atoms with E-state index in [0.29, 0.717) is 23.9 Å². The standard InChI is InChI=1S/C48H44N6/c1-5-12-41-44(49)42-31-51-26-25-43(42)53-45(41)35-19-17-33(18-20-35)38-27-32(28-39(29-38)34-21-23-40(24-22-34)48(2,3)4)30-52-47(37-15-10-7-11-16-37)54-46(50)36-13-8-6-9-14-36/h5-29,31H,30H2,1-4H3,(H2,49,53)(H2,50,52,54)/b12-5-. The van der Waals surface area contributed by atoms with Crippen molar-refractivity contribution < 1.29 is 0 Å². The molecule has 7 aromatic rings. The van der Waals surface area contributed by atoms with Gasteiger partial charge in [-0.15, -0.1) is 0 Å². The highest BCUT2D eigenvalue weighted by molar-refractivity contribution is 6.11. The van der Waals surface area contributed by atoms with Gasteiger partial charge in [0.25, 0.3) is 0 Å². The summed E-state index contributed by atoms with van der Waals surface area (Å²) in [5.74, 6) is 1.00. The number of fused-ring (bicyclic) bond motifs is 1. The Morgan fingerprint density at radius 3 is 1.91 bits per heavy atom.